The number of aromatic amines is 1. The van der Waals surface area contributed by atoms with Crippen LogP contribution in [0.1, 0.15) is 18.9 Å². The Morgan fingerprint density at radius 2 is 2.03 bits per heavy atom. The third-order valence-corrected chi connectivity index (χ3v) is 8.04. The standard InChI is InChI=1S/C20H26N7O10PS/c1-33-16-15(10(5-28)36-19(16)26-3-2-12(30)25-20(26)31)37-38(32,39)34-6-11-9(29)4-13(35-11)27-8-24-14-17(21)22-7-23-18(14)27/h2-3,7-11,13,15-16,19,28-29H,4-6H2,1H3,(H,32,39)(H2,21,22,23)(H,25,30,31)/t9?,10-,11?,13-,15?,16?,19?,38?/m1/s1. The Labute approximate surface area is 224 Å². The van der Waals surface area contributed by atoms with Gasteiger partial charge in [0, 0.05) is 25.8 Å². The fourth-order valence-corrected chi connectivity index (χ4v) is 6.04. The average Bonchev–Trinajstić information content (AvgIpc) is 3.58. The van der Waals surface area contributed by atoms with Crippen LogP contribution in [0.3, 0.4) is 0 Å². The molecule has 212 valence electrons. The number of thiol groups is 1. The van der Waals surface area contributed by atoms with Gasteiger partial charge in [0.1, 0.15) is 42.5 Å². The highest BCUT2D eigenvalue weighted by molar-refractivity contribution is 8.44. The Kier molecular flexibility index (Phi) is 7.91. The van der Waals surface area contributed by atoms with Crippen LogP contribution in [0, 0.1) is 0 Å². The maximum atomic E-state index is 13.2. The summed E-state index contributed by atoms with van der Waals surface area (Å²) < 4.78 is 43.9. The van der Waals surface area contributed by atoms with Crippen LogP contribution >= 0.6 is 19.0 Å². The van der Waals surface area contributed by atoms with Crippen molar-refractivity contribution in [1.82, 2.24) is 29.1 Å². The van der Waals surface area contributed by atoms with Crippen LogP contribution in [0.2, 0.25) is 0 Å². The first-order valence-corrected chi connectivity index (χ1v) is 14.3. The Bertz CT molecular complexity index is 1500. The fraction of sp³-hybridized carbons (Fsp3) is 0.550. The number of aromatic nitrogens is 6. The number of rotatable bonds is 9. The van der Waals surface area contributed by atoms with Crippen LogP contribution in [-0.2, 0) is 27.8 Å². The Balaban J connectivity index is 1.26. The summed E-state index contributed by atoms with van der Waals surface area (Å²) in [6.45, 7) is -5.09. The molecule has 2 saturated heterocycles. The molecule has 0 amide bonds. The van der Waals surface area contributed by atoms with Crippen molar-refractivity contribution in [2.24, 2.45) is 0 Å². The number of hydrogen-bond donors (Lipinski definition) is 5. The van der Waals surface area contributed by atoms with Crippen LogP contribution in [0.25, 0.3) is 11.2 Å². The van der Waals surface area contributed by atoms with Gasteiger partial charge in [0.05, 0.1) is 25.6 Å². The van der Waals surface area contributed by atoms with Crippen molar-refractivity contribution in [3.05, 3.63) is 45.8 Å². The summed E-state index contributed by atoms with van der Waals surface area (Å²) in [7, 11) is 1.30. The smallest absolute Gasteiger partial charge is 0.386 e. The molecule has 2 aliphatic rings. The van der Waals surface area contributed by atoms with Crippen molar-refractivity contribution in [2.45, 2.75) is 49.4 Å². The van der Waals surface area contributed by atoms with Crippen molar-refractivity contribution < 1.29 is 38.0 Å². The molecule has 19 heteroatoms. The molecule has 6 unspecified atom stereocenters. The molecule has 0 radical (unpaired) electrons. The molecule has 17 nitrogen and oxygen atoms in total. The predicted molar refractivity (Wildman–Crippen MR) is 135 cm³/mol. The molecule has 8 atom stereocenters. The minimum atomic E-state index is -4.15. The molecule has 2 aliphatic heterocycles. The zero-order valence-electron chi connectivity index (χ0n) is 20.3. The number of hydrogen-bond acceptors (Lipinski definition) is 14. The van der Waals surface area contributed by atoms with Crippen molar-refractivity contribution in [2.75, 3.05) is 26.1 Å². The number of anilines is 1. The number of methoxy groups -OCH3 is 1. The summed E-state index contributed by atoms with van der Waals surface area (Å²) in [4.78, 5) is 38.0. The number of nitrogens with one attached hydrogen (secondary N) is 1. The van der Waals surface area contributed by atoms with Gasteiger partial charge in [-0.15, -0.1) is 0 Å². The molecule has 5 rings (SSSR count). The monoisotopic (exact) mass is 587 g/mol. The Hall–Kier alpha value is -2.67. The molecule has 0 spiro atoms. The van der Waals surface area contributed by atoms with E-state index < -0.39 is 67.6 Å². The lowest BCUT2D eigenvalue weighted by Crippen LogP contribution is -2.39. The van der Waals surface area contributed by atoms with E-state index in [9.17, 15) is 24.4 Å². The van der Waals surface area contributed by atoms with E-state index >= 15 is 0 Å². The summed E-state index contributed by atoms with van der Waals surface area (Å²) in [6, 6.07) is 1.11. The summed E-state index contributed by atoms with van der Waals surface area (Å²) in [6.07, 6.45) is -2.89. The Morgan fingerprint density at radius 1 is 1.23 bits per heavy atom. The second kappa shape index (κ2) is 11.1. The van der Waals surface area contributed by atoms with Crippen molar-refractivity contribution in [1.29, 1.82) is 0 Å². The van der Waals surface area contributed by atoms with Gasteiger partial charge in [0.25, 0.3) is 5.56 Å². The lowest BCUT2D eigenvalue weighted by Gasteiger charge is -2.26. The summed E-state index contributed by atoms with van der Waals surface area (Å²) in [5.41, 5.74) is 5.24. The van der Waals surface area contributed by atoms with E-state index in [4.69, 9.17) is 29.0 Å². The van der Waals surface area contributed by atoms with Gasteiger partial charge < -0.3 is 30.2 Å². The zero-order chi connectivity index (χ0) is 27.9. The van der Waals surface area contributed by atoms with E-state index in [-0.39, 0.29) is 18.8 Å². The quantitative estimate of drug-likeness (QED) is 0.149. The van der Waals surface area contributed by atoms with E-state index in [2.05, 4.69) is 32.2 Å². The number of nitrogen functional groups attached to an aromatic ring is 1. The van der Waals surface area contributed by atoms with Crippen LogP contribution in [0.15, 0.2) is 34.5 Å². The number of nitrogens with two attached hydrogens (primary N) is 1. The second-order valence-corrected chi connectivity index (χ2v) is 11.7. The molecule has 5 N–H and O–H groups in total. The summed E-state index contributed by atoms with van der Waals surface area (Å²) in [5.74, 6) is 0.199. The highest BCUT2D eigenvalue weighted by Crippen LogP contribution is 2.56. The third-order valence-electron chi connectivity index (χ3n) is 6.42. The molecule has 3 aromatic heterocycles. The van der Waals surface area contributed by atoms with Gasteiger partial charge in [0.15, 0.2) is 17.7 Å². The number of fused-ring (bicyclic) bond motifs is 1. The number of ether oxygens (including phenoxy) is 3. The van der Waals surface area contributed by atoms with Gasteiger partial charge >= 0.3 is 12.5 Å². The molecule has 3 aromatic rings. The normalized spacial score (nSPS) is 30.6. The van der Waals surface area contributed by atoms with Crippen LogP contribution in [0.5, 0.6) is 0 Å². The molecule has 5 heterocycles. The maximum absolute atomic E-state index is 13.2. The molecule has 0 aliphatic carbocycles. The predicted octanol–water partition coefficient (Wildman–Crippen LogP) is -1.05. The lowest BCUT2D eigenvalue weighted by molar-refractivity contribution is -0.0625. The topological polar surface area (TPSA) is 228 Å². The average molecular weight is 588 g/mol. The first kappa shape index (κ1) is 27.9. The van der Waals surface area contributed by atoms with Gasteiger partial charge in [-0.25, -0.2) is 24.3 Å². The minimum Gasteiger partial charge on any atom is -0.394 e. The van der Waals surface area contributed by atoms with Crippen molar-refractivity contribution >= 4 is 36.0 Å². The first-order chi connectivity index (χ1) is 18.6. The third kappa shape index (κ3) is 5.52. The highest BCUT2D eigenvalue weighted by atomic mass is 32.7. The van der Waals surface area contributed by atoms with Gasteiger partial charge in [-0.1, -0.05) is 12.2 Å². The van der Waals surface area contributed by atoms with E-state index in [0.717, 1.165) is 10.6 Å². The van der Waals surface area contributed by atoms with Gasteiger partial charge in [0.2, 0.25) is 0 Å². The SMILES string of the molecule is COC1C(OP(=O)(S)OCC2O[C@@H](n3cnc4c(N)ncnc43)CC2O)[C@@H](CO)OC1n1ccc(=O)[nH]c1=O. The number of aliphatic hydroxyl groups is 2. The van der Waals surface area contributed by atoms with Gasteiger partial charge in [-0.3, -0.25) is 28.0 Å². The van der Waals surface area contributed by atoms with E-state index in [0.29, 0.717) is 11.2 Å². The lowest BCUT2D eigenvalue weighted by atomic mass is 10.1. The summed E-state index contributed by atoms with van der Waals surface area (Å²) in [5, 5.41) is 20.4. The molecular formula is C20H26N7O10PS. The van der Waals surface area contributed by atoms with Crippen molar-refractivity contribution in [3.8, 4) is 0 Å². The second-order valence-electron chi connectivity index (χ2n) is 8.81. The number of imidazole rings is 1. The fourth-order valence-electron chi connectivity index (χ4n) is 4.55. The highest BCUT2D eigenvalue weighted by Gasteiger charge is 2.50. The molecule has 0 aromatic carbocycles. The molecule has 0 saturated carbocycles. The van der Waals surface area contributed by atoms with E-state index in [1.165, 1.54) is 26.0 Å². The summed E-state index contributed by atoms with van der Waals surface area (Å²) >= 11 is 4.03. The zero-order valence-corrected chi connectivity index (χ0v) is 22.1. The van der Waals surface area contributed by atoms with Gasteiger partial charge in [-0.2, -0.15) is 0 Å². The molecular weight excluding hydrogens is 561 g/mol. The molecule has 0 bridgehead atoms. The number of aliphatic hydroxyl groups excluding tert-OH is 2. The van der Waals surface area contributed by atoms with E-state index in [1.54, 1.807) is 4.57 Å². The molecule has 2 fully saturated rings. The minimum absolute atomic E-state index is 0.158. The van der Waals surface area contributed by atoms with Crippen LogP contribution in [0.4, 0.5) is 5.82 Å². The first-order valence-electron chi connectivity index (χ1n) is 11.6. The van der Waals surface area contributed by atoms with E-state index in [1.807, 2.05) is 0 Å². The number of nitrogens with zero attached hydrogens (tertiary/aromatic N) is 5. The Morgan fingerprint density at radius 3 is 2.74 bits per heavy atom. The maximum Gasteiger partial charge on any atom is 0.386 e. The van der Waals surface area contributed by atoms with Crippen LogP contribution in [-0.4, -0.2) is 90.1 Å². The molecule has 39 heavy (non-hydrogen) atoms. The number of H-pyrrole nitrogens is 1. The van der Waals surface area contributed by atoms with Crippen molar-refractivity contribution in [3.63, 3.8) is 0 Å². The largest absolute Gasteiger partial charge is 0.394 e. The van der Waals surface area contributed by atoms with Gasteiger partial charge in [-0.05, 0) is 0 Å². The van der Waals surface area contributed by atoms with Crippen LogP contribution < -0.4 is 17.0 Å².